The van der Waals surface area contributed by atoms with Gasteiger partial charge in [-0.2, -0.15) is 17.4 Å². The Morgan fingerprint density at radius 3 is 3.00 bits per heavy atom. The van der Waals surface area contributed by atoms with Crippen molar-refractivity contribution in [2.24, 2.45) is 5.73 Å². The summed E-state index contributed by atoms with van der Waals surface area (Å²) in [5.74, 6) is 1.02. The first-order valence-corrected chi connectivity index (χ1v) is 7.85. The number of hydrogen-bond donors (Lipinski definition) is 2. The summed E-state index contributed by atoms with van der Waals surface area (Å²) in [5.41, 5.74) is 5.64. The molecule has 1 aliphatic heterocycles. The zero-order valence-electron chi connectivity index (χ0n) is 11.0. The molecule has 8 heteroatoms. The molecule has 1 unspecified atom stereocenters. The van der Waals surface area contributed by atoms with Crippen molar-refractivity contribution in [1.82, 2.24) is 14.0 Å². The van der Waals surface area contributed by atoms with Crippen molar-refractivity contribution >= 4 is 10.2 Å². The van der Waals surface area contributed by atoms with Crippen LogP contribution in [0.15, 0.2) is 10.6 Å². The van der Waals surface area contributed by atoms with Gasteiger partial charge in [-0.3, -0.25) is 0 Å². The molecule has 0 radical (unpaired) electrons. The molecule has 1 aliphatic rings. The number of oxazole rings is 1. The summed E-state index contributed by atoms with van der Waals surface area (Å²) in [7, 11) is -3.53. The van der Waals surface area contributed by atoms with E-state index in [-0.39, 0.29) is 12.6 Å². The fourth-order valence-corrected chi connectivity index (χ4v) is 3.67. The summed E-state index contributed by atoms with van der Waals surface area (Å²) < 4.78 is 33.6. The first-order valence-electron chi connectivity index (χ1n) is 6.41. The van der Waals surface area contributed by atoms with Crippen molar-refractivity contribution in [1.29, 1.82) is 0 Å². The predicted octanol–water partition coefficient (Wildman–Crippen LogP) is 0.131. The fourth-order valence-electron chi connectivity index (χ4n) is 2.25. The average Bonchev–Trinajstić information content (AvgIpc) is 2.82. The van der Waals surface area contributed by atoms with E-state index in [9.17, 15) is 8.42 Å². The Balaban J connectivity index is 2.00. The molecule has 2 rings (SSSR count). The normalized spacial score (nSPS) is 21.7. The number of nitrogens with zero attached hydrogens (tertiary/aromatic N) is 2. The van der Waals surface area contributed by atoms with Crippen LogP contribution in [0.25, 0.3) is 0 Å². The molecule has 1 aromatic heterocycles. The van der Waals surface area contributed by atoms with Gasteiger partial charge in [-0.25, -0.2) is 4.98 Å². The summed E-state index contributed by atoms with van der Waals surface area (Å²) in [4.78, 5) is 3.97. The first kappa shape index (κ1) is 14.4. The topological polar surface area (TPSA) is 101 Å². The molecule has 1 saturated heterocycles. The lowest BCUT2D eigenvalue weighted by atomic mass is 10.1. The van der Waals surface area contributed by atoms with Crippen molar-refractivity contribution in [3.63, 3.8) is 0 Å². The second kappa shape index (κ2) is 6.00. The van der Waals surface area contributed by atoms with Crippen molar-refractivity contribution in [2.45, 2.75) is 38.8 Å². The van der Waals surface area contributed by atoms with Crippen LogP contribution in [0.1, 0.15) is 30.9 Å². The van der Waals surface area contributed by atoms with E-state index in [4.69, 9.17) is 10.2 Å². The van der Waals surface area contributed by atoms with E-state index in [1.807, 2.05) is 0 Å². The van der Waals surface area contributed by atoms with Crippen molar-refractivity contribution < 1.29 is 12.8 Å². The summed E-state index contributed by atoms with van der Waals surface area (Å²) in [5, 5.41) is 0. The quantitative estimate of drug-likeness (QED) is 0.802. The fraction of sp³-hybridized carbons (Fsp3) is 0.727. The third kappa shape index (κ3) is 3.53. The highest BCUT2D eigenvalue weighted by Gasteiger charge is 2.31. The van der Waals surface area contributed by atoms with Crippen LogP contribution in [-0.4, -0.2) is 36.8 Å². The Morgan fingerprint density at radius 2 is 2.37 bits per heavy atom. The molecule has 19 heavy (non-hydrogen) atoms. The van der Waals surface area contributed by atoms with Crippen LogP contribution in [0.2, 0.25) is 0 Å². The number of piperidine rings is 1. The van der Waals surface area contributed by atoms with Crippen LogP contribution in [0.3, 0.4) is 0 Å². The SMILES string of the molecule is Cc1cnc(CNS(=O)(=O)N2CCCCC2CN)o1. The third-order valence-corrected chi connectivity index (χ3v) is 4.84. The van der Waals surface area contributed by atoms with Crippen molar-refractivity contribution in [2.75, 3.05) is 13.1 Å². The molecule has 0 bridgehead atoms. The van der Waals surface area contributed by atoms with Crippen molar-refractivity contribution in [3.8, 4) is 0 Å². The van der Waals surface area contributed by atoms with Gasteiger partial charge in [0.05, 0.1) is 12.7 Å². The summed E-state index contributed by atoms with van der Waals surface area (Å²) >= 11 is 0. The lowest BCUT2D eigenvalue weighted by Crippen LogP contribution is -2.51. The van der Waals surface area contributed by atoms with Gasteiger partial charge in [0, 0.05) is 19.1 Å². The minimum atomic E-state index is -3.53. The minimum absolute atomic E-state index is 0.0595. The molecule has 1 fully saturated rings. The second-order valence-electron chi connectivity index (χ2n) is 4.69. The molecule has 0 spiro atoms. The molecule has 2 heterocycles. The van der Waals surface area contributed by atoms with Gasteiger partial charge in [0.25, 0.3) is 10.2 Å². The standard InChI is InChI=1S/C11H20N4O3S/c1-9-7-13-11(18-9)8-14-19(16,17)15-5-3-2-4-10(15)6-12/h7,10,14H,2-6,8,12H2,1H3. The van der Waals surface area contributed by atoms with E-state index < -0.39 is 10.2 Å². The zero-order valence-corrected chi connectivity index (χ0v) is 11.8. The number of nitrogens with two attached hydrogens (primary N) is 1. The summed E-state index contributed by atoms with van der Waals surface area (Å²) in [6.07, 6.45) is 4.27. The van der Waals surface area contributed by atoms with Crippen LogP contribution in [0.5, 0.6) is 0 Å². The lowest BCUT2D eigenvalue weighted by molar-refractivity contribution is 0.254. The van der Waals surface area contributed by atoms with Crippen LogP contribution < -0.4 is 10.5 Å². The third-order valence-electron chi connectivity index (χ3n) is 3.23. The molecule has 7 nitrogen and oxygen atoms in total. The molecule has 0 aromatic carbocycles. The number of hydrogen-bond acceptors (Lipinski definition) is 5. The predicted molar refractivity (Wildman–Crippen MR) is 70.4 cm³/mol. The second-order valence-corrected chi connectivity index (χ2v) is 6.39. The van der Waals surface area contributed by atoms with Crippen LogP contribution in [0, 0.1) is 6.92 Å². The van der Waals surface area contributed by atoms with Gasteiger partial charge in [0.15, 0.2) is 0 Å². The maximum absolute atomic E-state index is 12.2. The maximum Gasteiger partial charge on any atom is 0.280 e. The number of aryl methyl sites for hydroxylation is 1. The molecule has 0 amide bonds. The molecule has 1 aromatic rings. The van der Waals surface area contributed by atoms with E-state index in [2.05, 4.69) is 9.71 Å². The van der Waals surface area contributed by atoms with Gasteiger partial charge in [-0.05, 0) is 19.8 Å². The van der Waals surface area contributed by atoms with Gasteiger partial charge in [0.2, 0.25) is 5.89 Å². The Kier molecular flexibility index (Phi) is 4.56. The molecule has 0 saturated carbocycles. The number of rotatable bonds is 5. The van der Waals surface area contributed by atoms with E-state index in [1.165, 1.54) is 4.31 Å². The molecule has 1 atom stereocenters. The summed E-state index contributed by atoms with van der Waals surface area (Å²) in [6.45, 7) is 2.69. The largest absolute Gasteiger partial charge is 0.445 e. The highest BCUT2D eigenvalue weighted by molar-refractivity contribution is 7.87. The lowest BCUT2D eigenvalue weighted by Gasteiger charge is -2.33. The maximum atomic E-state index is 12.2. The molecule has 3 N–H and O–H groups in total. The van der Waals surface area contributed by atoms with Gasteiger partial charge in [-0.15, -0.1) is 0 Å². The Hall–Kier alpha value is -0.960. The smallest absolute Gasteiger partial charge is 0.280 e. The Bertz CT molecular complexity index is 514. The highest BCUT2D eigenvalue weighted by Crippen LogP contribution is 2.19. The van der Waals surface area contributed by atoms with Crippen LogP contribution >= 0.6 is 0 Å². The van der Waals surface area contributed by atoms with Crippen LogP contribution in [-0.2, 0) is 16.8 Å². The zero-order chi connectivity index (χ0) is 13.9. The Morgan fingerprint density at radius 1 is 1.58 bits per heavy atom. The van der Waals surface area contributed by atoms with Crippen molar-refractivity contribution in [3.05, 3.63) is 17.8 Å². The molecular formula is C11H20N4O3S. The first-order chi connectivity index (χ1) is 9.03. The van der Waals surface area contributed by atoms with Gasteiger partial charge in [-0.1, -0.05) is 6.42 Å². The van der Waals surface area contributed by atoms with Gasteiger partial charge < -0.3 is 10.2 Å². The van der Waals surface area contributed by atoms with Gasteiger partial charge >= 0.3 is 0 Å². The molecule has 108 valence electrons. The van der Waals surface area contributed by atoms with Crippen LogP contribution in [0.4, 0.5) is 0 Å². The van der Waals surface area contributed by atoms with E-state index in [0.29, 0.717) is 24.7 Å². The van der Waals surface area contributed by atoms with E-state index in [1.54, 1.807) is 13.1 Å². The molecule has 0 aliphatic carbocycles. The monoisotopic (exact) mass is 288 g/mol. The average molecular weight is 288 g/mol. The summed E-state index contributed by atoms with van der Waals surface area (Å²) in [6, 6.07) is -0.113. The number of aromatic nitrogens is 1. The minimum Gasteiger partial charge on any atom is -0.445 e. The Labute approximate surface area is 113 Å². The molecular weight excluding hydrogens is 268 g/mol. The van der Waals surface area contributed by atoms with E-state index >= 15 is 0 Å². The van der Waals surface area contributed by atoms with E-state index in [0.717, 1.165) is 19.3 Å². The van der Waals surface area contributed by atoms with Gasteiger partial charge in [0.1, 0.15) is 5.76 Å². The highest BCUT2D eigenvalue weighted by atomic mass is 32.2. The number of nitrogens with one attached hydrogen (secondary N) is 1.